The molecule has 1 aliphatic rings. The van der Waals surface area contributed by atoms with Gasteiger partial charge in [-0.3, -0.25) is 4.79 Å². The molecule has 0 aliphatic carbocycles. The largest absolute Gasteiger partial charge is 0.371 e. The quantitative estimate of drug-likeness (QED) is 0.609. The van der Waals surface area contributed by atoms with Gasteiger partial charge >= 0.3 is 0 Å². The molecule has 0 spiro atoms. The van der Waals surface area contributed by atoms with Crippen molar-refractivity contribution in [1.82, 2.24) is 9.62 Å². The standard InChI is InChI=1S/C23H31N3O3S2/c1-18-5-4-14-26(16-18)20-8-6-19(7-9-20)15-24-23(27)17-25(2)31(28,29)22-12-10-21(30-3)11-13-22/h6-13,18H,4-5,14-17H2,1-3H3,(H,24,27). The average Bonchev–Trinajstić information content (AvgIpc) is 2.78. The summed E-state index contributed by atoms with van der Waals surface area (Å²) < 4.78 is 26.5. The highest BCUT2D eigenvalue weighted by Gasteiger charge is 2.23. The lowest BCUT2D eigenvalue weighted by molar-refractivity contribution is -0.121. The molecule has 1 heterocycles. The van der Waals surface area contributed by atoms with Crippen LogP contribution in [-0.4, -0.2) is 51.6 Å². The Morgan fingerprint density at radius 1 is 1.16 bits per heavy atom. The molecule has 1 atom stereocenters. The van der Waals surface area contributed by atoms with Crippen LogP contribution in [0.25, 0.3) is 0 Å². The molecule has 0 aromatic heterocycles. The minimum absolute atomic E-state index is 0.184. The zero-order valence-electron chi connectivity index (χ0n) is 18.4. The van der Waals surface area contributed by atoms with Crippen LogP contribution in [0.2, 0.25) is 0 Å². The summed E-state index contributed by atoms with van der Waals surface area (Å²) in [6.07, 6.45) is 4.44. The van der Waals surface area contributed by atoms with Gasteiger partial charge in [-0.25, -0.2) is 8.42 Å². The Morgan fingerprint density at radius 2 is 1.84 bits per heavy atom. The molecule has 1 N–H and O–H groups in total. The number of carbonyl (C=O) groups excluding carboxylic acids is 1. The highest BCUT2D eigenvalue weighted by molar-refractivity contribution is 7.98. The Labute approximate surface area is 190 Å². The van der Waals surface area contributed by atoms with Gasteiger partial charge < -0.3 is 10.2 Å². The number of sulfonamides is 1. The van der Waals surface area contributed by atoms with Crippen molar-refractivity contribution in [2.75, 3.05) is 37.8 Å². The molecule has 1 saturated heterocycles. The fraction of sp³-hybridized carbons (Fsp3) is 0.435. The van der Waals surface area contributed by atoms with Crippen LogP contribution in [0.15, 0.2) is 58.3 Å². The number of piperidine rings is 1. The van der Waals surface area contributed by atoms with Gasteiger partial charge in [0.1, 0.15) is 0 Å². The molecular weight excluding hydrogens is 430 g/mol. The smallest absolute Gasteiger partial charge is 0.243 e. The predicted octanol–water partition coefficient (Wildman–Crippen LogP) is 3.58. The molecule has 1 aliphatic heterocycles. The van der Waals surface area contributed by atoms with E-state index in [1.807, 2.05) is 18.4 Å². The number of benzene rings is 2. The molecule has 31 heavy (non-hydrogen) atoms. The van der Waals surface area contributed by atoms with E-state index >= 15 is 0 Å². The van der Waals surface area contributed by atoms with Crippen LogP contribution in [-0.2, 0) is 21.4 Å². The molecule has 6 nitrogen and oxygen atoms in total. The first-order chi connectivity index (χ1) is 14.8. The molecule has 1 fully saturated rings. The Bertz CT molecular complexity index is 976. The lowest BCUT2D eigenvalue weighted by Crippen LogP contribution is -2.38. The molecule has 1 unspecified atom stereocenters. The molecule has 2 aromatic rings. The van der Waals surface area contributed by atoms with Gasteiger partial charge in [0.2, 0.25) is 15.9 Å². The molecular formula is C23H31N3O3S2. The molecule has 1 amide bonds. The third kappa shape index (κ3) is 6.24. The van der Waals surface area contributed by atoms with Crippen LogP contribution in [0.4, 0.5) is 5.69 Å². The Kier molecular flexibility index (Phi) is 8.02. The zero-order valence-corrected chi connectivity index (χ0v) is 20.0. The summed E-state index contributed by atoms with van der Waals surface area (Å²) in [5, 5.41) is 2.82. The number of hydrogen-bond acceptors (Lipinski definition) is 5. The van der Waals surface area contributed by atoms with E-state index in [2.05, 4.69) is 29.3 Å². The van der Waals surface area contributed by atoms with Crippen LogP contribution in [0.5, 0.6) is 0 Å². The van der Waals surface area contributed by atoms with Crippen molar-refractivity contribution in [1.29, 1.82) is 0 Å². The Balaban J connectivity index is 1.52. The van der Waals surface area contributed by atoms with E-state index in [1.54, 1.807) is 36.0 Å². The van der Waals surface area contributed by atoms with Gasteiger partial charge in [0.25, 0.3) is 0 Å². The van der Waals surface area contributed by atoms with E-state index in [-0.39, 0.29) is 17.3 Å². The number of rotatable bonds is 8. The van der Waals surface area contributed by atoms with Crippen LogP contribution < -0.4 is 10.2 Å². The monoisotopic (exact) mass is 461 g/mol. The summed E-state index contributed by atoms with van der Waals surface area (Å²) in [5.74, 6) is 0.380. The number of nitrogens with one attached hydrogen (secondary N) is 1. The van der Waals surface area contributed by atoms with E-state index in [1.165, 1.54) is 25.6 Å². The maximum atomic E-state index is 12.7. The molecule has 0 radical (unpaired) electrons. The maximum absolute atomic E-state index is 12.7. The van der Waals surface area contributed by atoms with Gasteiger partial charge in [-0.1, -0.05) is 19.1 Å². The number of likely N-dealkylation sites (N-methyl/N-ethyl adjacent to an activating group) is 1. The third-order valence-electron chi connectivity index (χ3n) is 5.58. The van der Waals surface area contributed by atoms with Crippen molar-refractivity contribution in [2.45, 2.75) is 36.1 Å². The first-order valence-electron chi connectivity index (χ1n) is 10.5. The topological polar surface area (TPSA) is 69.7 Å². The SMILES string of the molecule is CSc1ccc(S(=O)(=O)N(C)CC(=O)NCc2ccc(N3CCCC(C)C3)cc2)cc1. The molecule has 2 aromatic carbocycles. The number of amides is 1. The lowest BCUT2D eigenvalue weighted by Gasteiger charge is -2.32. The first-order valence-corrected chi connectivity index (χ1v) is 13.2. The highest BCUT2D eigenvalue weighted by Crippen LogP contribution is 2.23. The summed E-state index contributed by atoms with van der Waals surface area (Å²) in [5.41, 5.74) is 2.19. The Morgan fingerprint density at radius 3 is 2.45 bits per heavy atom. The average molecular weight is 462 g/mol. The molecule has 8 heteroatoms. The second-order valence-corrected chi connectivity index (χ2v) is 11.0. The van der Waals surface area contributed by atoms with Crippen molar-refractivity contribution in [2.24, 2.45) is 5.92 Å². The van der Waals surface area contributed by atoms with E-state index < -0.39 is 10.0 Å². The summed E-state index contributed by atoms with van der Waals surface area (Å²) in [4.78, 5) is 15.9. The molecule has 0 saturated carbocycles. The third-order valence-corrected chi connectivity index (χ3v) is 8.14. The van der Waals surface area contributed by atoms with E-state index in [0.717, 1.165) is 27.9 Å². The van der Waals surface area contributed by atoms with Gasteiger partial charge in [-0.15, -0.1) is 11.8 Å². The van der Waals surface area contributed by atoms with Crippen LogP contribution in [0, 0.1) is 5.92 Å². The summed E-state index contributed by atoms with van der Waals surface area (Å²) in [6, 6.07) is 14.9. The summed E-state index contributed by atoms with van der Waals surface area (Å²) in [7, 11) is -2.28. The van der Waals surface area contributed by atoms with Crippen LogP contribution in [0.3, 0.4) is 0 Å². The van der Waals surface area contributed by atoms with Gasteiger partial charge in [-0.2, -0.15) is 4.31 Å². The second-order valence-electron chi connectivity index (χ2n) is 8.07. The first kappa shape index (κ1) is 23.6. The van der Waals surface area contributed by atoms with Gasteiger partial charge in [-0.05, 0) is 67.0 Å². The molecule has 3 rings (SSSR count). The number of anilines is 1. The number of nitrogens with zero attached hydrogens (tertiary/aromatic N) is 2. The van der Waals surface area contributed by atoms with Crippen molar-refractivity contribution < 1.29 is 13.2 Å². The lowest BCUT2D eigenvalue weighted by atomic mass is 9.99. The minimum atomic E-state index is -3.71. The van der Waals surface area contributed by atoms with Crippen molar-refractivity contribution in [3.8, 4) is 0 Å². The fourth-order valence-electron chi connectivity index (χ4n) is 3.72. The fourth-order valence-corrected chi connectivity index (χ4v) is 5.26. The van der Waals surface area contributed by atoms with Crippen LogP contribution in [0.1, 0.15) is 25.3 Å². The van der Waals surface area contributed by atoms with Crippen molar-refractivity contribution in [3.05, 3.63) is 54.1 Å². The number of carbonyl (C=O) groups is 1. The second kappa shape index (κ2) is 10.5. The van der Waals surface area contributed by atoms with Gasteiger partial charge in [0.15, 0.2) is 0 Å². The minimum Gasteiger partial charge on any atom is -0.371 e. The van der Waals surface area contributed by atoms with E-state index in [0.29, 0.717) is 12.5 Å². The number of thioether (sulfide) groups is 1. The van der Waals surface area contributed by atoms with Crippen molar-refractivity contribution in [3.63, 3.8) is 0 Å². The van der Waals surface area contributed by atoms with Gasteiger partial charge in [0, 0.05) is 37.3 Å². The van der Waals surface area contributed by atoms with Crippen LogP contribution >= 0.6 is 11.8 Å². The summed E-state index contributed by atoms with van der Waals surface area (Å²) >= 11 is 1.55. The summed E-state index contributed by atoms with van der Waals surface area (Å²) in [6.45, 7) is 4.59. The number of hydrogen-bond donors (Lipinski definition) is 1. The molecule has 0 bridgehead atoms. The van der Waals surface area contributed by atoms with Gasteiger partial charge in [0.05, 0.1) is 11.4 Å². The van der Waals surface area contributed by atoms with E-state index in [9.17, 15) is 13.2 Å². The Hall–Kier alpha value is -2.03. The maximum Gasteiger partial charge on any atom is 0.243 e. The highest BCUT2D eigenvalue weighted by atomic mass is 32.2. The van der Waals surface area contributed by atoms with E-state index in [4.69, 9.17) is 0 Å². The predicted molar refractivity (Wildman–Crippen MR) is 127 cm³/mol. The zero-order chi connectivity index (χ0) is 22.4. The molecule has 168 valence electrons. The normalized spacial score (nSPS) is 17.0. The van der Waals surface area contributed by atoms with Crippen molar-refractivity contribution >= 4 is 33.4 Å².